The number of aromatic nitrogens is 2. The second-order valence-electron chi connectivity index (χ2n) is 1.52. The highest BCUT2D eigenvalue weighted by Crippen LogP contribution is 2.05. The van der Waals surface area contributed by atoms with E-state index in [9.17, 15) is 4.79 Å². The van der Waals surface area contributed by atoms with Gasteiger partial charge in [0.1, 0.15) is 0 Å². The molecule has 0 amide bonds. The van der Waals surface area contributed by atoms with Crippen LogP contribution >= 0.6 is 0 Å². The summed E-state index contributed by atoms with van der Waals surface area (Å²) >= 11 is 0. The molecule has 0 bridgehead atoms. The Morgan fingerprint density at radius 3 is 2.90 bits per heavy atom. The Balaban J connectivity index is 3.02. The van der Waals surface area contributed by atoms with Gasteiger partial charge < -0.3 is 14.9 Å². The molecule has 5 nitrogen and oxygen atoms in total. The number of aromatic amines is 1. The molecular weight excluding hydrogens is 134 g/mol. The molecule has 0 aromatic carbocycles. The van der Waals surface area contributed by atoms with Gasteiger partial charge in [0.05, 0.1) is 0 Å². The smallest absolute Gasteiger partial charge is 0.396 e. The number of carboxylic acids is 1. The average Bonchev–Trinajstić information content (AvgIpc) is 2.34. The molecule has 1 rings (SSSR count). The summed E-state index contributed by atoms with van der Waals surface area (Å²) in [6.07, 6.45) is 1.25. The van der Waals surface area contributed by atoms with Crippen molar-refractivity contribution in [2.45, 2.75) is 0 Å². The van der Waals surface area contributed by atoms with E-state index in [1.165, 1.54) is 6.20 Å². The van der Waals surface area contributed by atoms with Crippen LogP contribution in [0.4, 0.5) is 5.82 Å². The monoisotopic (exact) mass is 137 g/mol. The van der Waals surface area contributed by atoms with Crippen LogP contribution in [0.15, 0.2) is 6.20 Å². The van der Waals surface area contributed by atoms with E-state index in [0.29, 0.717) is 0 Å². The van der Waals surface area contributed by atoms with Gasteiger partial charge in [-0.15, -0.1) is 0 Å². The van der Waals surface area contributed by atoms with Gasteiger partial charge in [-0.2, -0.15) is 0 Å². The number of rotatable bonds is 1. The lowest BCUT2D eigenvalue weighted by atomic mass is 10.6. The molecule has 0 aliphatic carbocycles. The van der Waals surface area contributed by atoms with Crippen molar-refractivity contribution in [2.75, 3.05) is 0 Å². The largest absolute Gasteiger partial charge is 0.474 e. The Kier molecular flexibility index (Phi) is 1.38. The molecule has 0 spiro atoms. The van der Waals surface area contributed by atoms with Crippen LogP contribution in [-0.2, 0) is 0 Å². The highest BCUT2D eigenvalue weighted by Gasteiger charge is 2.10. The van der Waals surface area contributed by atoms with Crippen LogP contribution in [0.1, 0.15) is 10.6 Å². The molecule has 50 valence electrons. The van der Waals surface area contributed by atoms with Gasteiger partial charge in [-0.3, -0.25) is 0 Å². The molecule has 10 heavy (non-hydrogen) atoms. The standard InChI is InChI=1S/C5H3N3O2/c1-6-3-2-7-4(8-3)5(9)10/h2H,(H,7,8)(H,9,10). The van der Waals surface area contributed by atoms with E-state index in [2.05, 4.69) is 14.8 Å². The number of hydrogen-bond acceptors (Lipinski definition) is 2. The molecule has 0 radical (unpaired) electrons. The van der Waals surface area contributed by atoms with Crippen LogP contribution in [0.25, 0.3) is 4.85 Å². The van der Waals surface area contributed by atoms with Crippen molar-refractivity contribution in [1.29, 1.82) is 0 Å². The molecule has 2 N–H and O–H groups in total. The molecule has 1 heterocycles. The third-order valence-corrected chi connectivity index (χ3v) is 0.881. The van der Waals surface area contributed by atoms with Crippen molar-refractivity contribution >= 4 is 11.8 Å². The van der Waals surface area contributed by atoms with Crippen molar-refractivity contribution < 1.29 is 9.90 Å². The Hall–Kier alpha value is -1.83. The van der Waals surface area contributed by atoms with E-state index in [0.717, 1.165) is 0 Å². The first-order valence-corrected chi connectivity index (χ1v) is 2.40. The molecule has 0 aliphatic heterocycles. The van der Waals surface area contributed by atoms with Gasteiger partial charge >= 0.3 is 11.8 Å². The van der Waals surface area contributed by atoms with Gasteiger partial charge in [-0.25, -0.2) is 4.79 Å². The number of imidazole rings is 1. The quantitative estimate of drug-likeness (QED) is 0.558. The summed E-state index contributed by atoms with van der Waals surface area (Å²) in [4.78, 5) is 18.8. The Labute approximate surface area is 56.1 Å². The van der Waals surface area contributed by atoms with E-state index in [1.807, 2.05) is 0 Å². The van der Waals surface area contributed by atoms with Crippen molar-refractivity contribution in [1.82, 2.24) is 9.97 Å². The Bertz CT molecular complexity index is 296. The fourth-order valence-electron chi connectivity index (χ4n) is 0.479. The summed E-state index contributed by atoms with van der Waals surface area (Å²) in [5, 5.41) is 8.30. The third-order valence-electron chi connectivity index (χ3n) is 0.881. The lowest BCUT2D eigenvalue weighted by molar-refractivity contribution is 0.0685. The van der Waals surface area contributed by atoms with Crippen LogP contribution in [0.3, 0.4) is 0 Å². The lowest BCUT2D eigenvalue weighted by Crippen LogP contribution is -1.97. The summed E-state index contributed by atoms with van der Waals surface area (Å²) in [5.74, 6) is -1.29. The van der Waals surface area contributed by atoms with Gasteiger partial charge in [0, 0.05) is 6.20 Å². The Morgan fingerprint density at radius 2 is 2.60 bits per heavy atom. The van der Waals surface area contributed by atoms with Gasteiger partial charge in [0.15, 0.2) is 0 Å². The maximum Gasteiger partial charge on any atom is 0.396 e. The number of carbonyl (C=O) groups is 1. The molecule has 1 aromatic rings. The number of nitrogens with one attached hydrogen (secondary N) is 1. The molecule has 1 aromatic heterocycles. The fraction of sp³-hybridized carbons (Fsp3) is 0. The summed E-state index contributed by atoms with van der Waals surface area (Å²) < 4.78 is 0. The SMILES string of the molecule is [C-]#[N+]c1c[nH]c(C(=O)O)n1. The zero-order valence-electron chi connectivity index (χ0n) is 4.83. The number of H-pyrrole nitrogens is 1. The molecule has 0 fully saturated rings. The van der Waals surface area contributed by atoms with Gasteiger partial charge in [-0.1, -0.05) is 11.6 Å². The van der Waals surface area contributed by atoms with E-state index in [4.69, 9.17) is 11.7 Å². The summed E-state index contributed by atoms with van der Waals surface area (Å²) in [6, 6.07) is 0. The van der Waals surface area contributed by atoms with Gasteiger partial charge in [-0.05, 0) is 0 Å². The normalized spacial score (nSPS) is 8.70. The summed E-state index contributed by atoms with van der Waals surface area (Å²) in [6.45, 7) is 6.45. The van der Waals surface area contributed by atoms with Crippen molar-refractivity contribution in [3.63, 3.8) is 0 Å². The van der Waals surface area contributed by atoms with E-state index in [-0.39, 0.29) is 11.6 Å². The third kappa shape index (κ3) is 0.951. The van der Waals surface area contributed by atoms with Gasteiger partial charge in [0.25, 0.3) is 5.82 Å². The molecular formula is C5H3N3O2. The maximum atomic E-state index is 10.1. The summed E-state index contributed by atoms with van der Waals surface area (Å²) in [5.41, 5.74) is 0. The molecule has 0 saturated heterocycles. The first kappa shape index (κ1) is 6.29. The van der Waals surface area contributed by atoms with Gasteiger partial charge in [0.2, 0.25) is 0 Å². The minimum absolute atomic E-state index is 0.0670. The zero-order chi connectivity index (χ0) is 7.56. The number of carboxylic acid groups (broad SMARTS) is 1. The number of aromatic carboxylic acids is 1. The number of nitrogens with zero attached hydrogens (tertiary/aromatic N) is 2. The zero-order valence-corrected chi connectivity index (χ0v) is 4.83. The van der Waals surface area contributed by atoms with Crippen LogP contribution in [0, 0.1) is 6.57 Å². The molecule has 0 aliphatic rings. The van der Waals surface area contributed by atoms with E-state index < -0.39 is 5.97 Å². The van der Waals surface area contributed by atoms with Crippen LogP contribution in [0.2, 0.25) is 0 Å². The number of hydrogen-bond donors (Lipinski definition) is 2. The highest BCUT2D eigenvalue weighted by atomic mass is 16.4. The minimum Gasteiger partial charge on any atom is -0.474 e. The first-order chi connectivity index (χ1) is 4.74. The van der Waals surface area contributed by atoms with Crippen molar-refractivity contribution in [2.24, 2.45) is 0 Å². The summed E-state index contributed by atoms with van der Waals surface area (Å²) in [7, 11) is 0. The van der Waals surface area contributed by atoms with E-state index >= 15 is 0 Å². The first-order valence-electron chi connectivity index (χ1n) is 2.40. The molecule has 0 atom stereocenters. The minimum atomic E-state index is -1.16. The Morgan fingerprint density at radius 1 is 1.90 bits per heavy atom. The van der Waals surface area contributed by atoms with Crippen LogP contribution < -0.4 is 0 Å². The van der Waals surface area contributed by atoms with Crippen LogP contribution in [-0.4, -0.2) is 21.0 Å². The fourth-order valence-corrected chi connectivity index (χ4v) is 0.479. The van der Waals surface area contributed by atoms with Crippen molar-refractivity contribution in [3.05, 3.63) is 23.4 Å². The van der Waals surface area contributed by atoms with Crippen LogP contribution in [0.5, 0.6) is 0 Å². The molecule has 0 unspecified atom stereocenters. The molecule has 5 heteroatoms. The predicted molar refractivity (Wildman–Crippen MR) is 31.8 cm³/mol. The van der Waals surface area contributed by atoms with E-state index in [1.54, 1.807) is 0 Å². The average molecular weight is 137 g/mol. The maximum absolute atomic E-state index is 10.1. The van der Waals surface area contributed by atoms with Crippen molar-refractivity contribution in [3.8, 4) is 0 Å². The topological polar surface area (TPSA) is 70.3 Å². The lowest BCUT2D eigenvalue weighted by Gasteiger charge is -1.75. The predicted octanol–water partition coefficient (Wildman–Crippen LogP) is 0.659. The second-order valence-corrected chi connectivity index (χ2v) is 1.52. The second kappa shape index (κ2) is 2.19. The highest BCUT2D eigenvalue weighted by molar-refractivity contribution is 5.83. The molecule has 0 saturated carbocycles.